The molecule has 0 radical (unpaired) electrons. The van der Waals surface area contributed by atoms with Crippen LogP contribution in [0, 0.1) is 12.7 Å². The molecule has 4 aromatic rings. The van der Waals surface area contributed by atoms with Crippen molar-refractivity contribution in [3.63, 3.8) is 0 Å². The van der Waals surface area contributed by atoms with Crippen molar-refractivity contribution >= 4 is 28.3 Å². The van der Waals surface area contributed by atoms with Gasteiger partial charge in [0, 0.05) is 17.9 Å². The molecule has 2 amide bonds. The summed E-state index contributed by atoms with van der Waals surface area (Å²) in [6.45, 7) is 5.12. The van der Waals surface area contributed by atoms with Gasteiger partial charge in [0.1, 0.15) is 11.5 Å². The maximum absolute atomic E-state index is 14.1. The van der Waals surface area contributed by atoms with Crippen LogP contribution in [-0.2, 0) is 4.79 Å². The van der Waals surface area contributed by atoms with E-state index < -0.39 is 5.82 Å². The minimum atomic E-state index is -0.419. The van der Waals surface area contributed by atoms with E-state index in [1.807, 2.05) is 36.6 Å². The fourth-order valence-corrected chi connectivity index (χ4v) is 4.17. The molecule has 0 aliphatic heterocycles. The average Bonchev–Trinajstić information content (AvgIpc) is 3.40. The molecule has 0 spiro atoms. The Morgan fingerprint density at radius 3 is 2.55 bits per heavy atom. The van der Waals surface area contributed by atoms with E-state index in [4.69, 9.17) is 0 Å². The number of carbonyl (C=O) groups excluding carboxylic acids is 2. The predicted molar refractivity (Wildman–Crippen MR) is 126 cm³/mol. The van der Waals surface area contributed by atoms with Gasteiger partial charge in [0.15, 0.2) is 5.13 Å². The van der Waals surface area contributed by atoms with Crippen LogP contribution in [0.4, 0.5) is 9.52 Å². The highest BCUT2D eigenvalue weighted by Gasteiger charge is 2.18. The van der Waals surface area contributed by atoms with Crippen LogP contribution >= 0.6 is 11.3 Å². The van der Waals surface area contributed by atoms with Crippen LogP contribution in [0.2, 0.25) is 0 Å². The number of nitrogens with one attached hydrogen (secondary N) is 2. The molecular weight excluding hydrogens is 441 g/mol. The van der Waals surface area contributed by atoms with Crippen LogP contribution in [0.5, 0.6) is 0 Å². The largest absolute Gasteiger partial charge is 0.350 e. The summed E-state index contributed by atoms with van der Waals surface area (Å²) in [5, 5.41) is 12.1. The SMILES string of the molecule is CC(=O)NC(C)c1ccc(-c2csc(NC(=O)c3cnn(-c4ccccc4F)c3C)n2)cc1. The van der Waals surface area contributed by atoms with Crippen LogP contribution in [0.15, 0.2) is 60.1 Å². The van der Waals surface area contributed by atoms with Crippen molar-refractivity contribution in [3.8, 4) is 16.9 Å². The second kappa shape index (κ2) is 9.33. The van der Waals surface area contributed by atoms with Gasteiger partial charge in [-0.15, -0.1) is 11.3 Å². The number of benzene rings is 2. The standard InChI is InChI=1S/C24H22FN5O2S/c1-14(27-16(3)31)17-8-10-18(11-9-17)21-13-33-24(28-21)29-23(32)19-12-26-30(15(19)2)22-7-5-4-6-20(22)25/h4-14H,1-3H3,(H,27,31)(H,28,29,32). The summed E-state index contributed by atoms with van der Waals surface area (Å²) in [4.78, 5) is 28.5. The Bertz CT molecular complexity index is 1310. The summed E-state index contributed by atoms with van der Waals surface area (Å²) in [6, 6.07) is 13.9. The van der Waals surface area contributed by atoms with E-state index in [-0.39, 0.29) is 23.5 Å². The number of rotatable bonds is 6. The average molecular weight is 464 g/mol. The van der Waals surface area contributed by atoms with E-state index in [9.17, 15) is 14.0 Å². The van der Waals surface area contributed by atoms with E-state index >= 15 is 0 Å². The van der Waals surface area contributed by atoms with E-state index in [2.05, 4.69) is 20.7 Å². The van der Waals surface area contributed by atoms with Crippen LogP contribution in [-0.4, -0.2) is 26.6 Å². The van der Waals surface area contributed by atoms with Crippen LogP contribution in [0.25, 0.3) is 16.9 Å². The lowest BCUT2D eigenvalue weighted by molar-refractivity contribution is -0.119. The number of para-hydroxylation sites is 1. The molecule has 9 heteroatoms. The third-order valence-corrected chi connectivity index (χ3v) is 5.94. The Hall–Kier alpha value is -3.85. The van der Waals surface area contributed by atoms with Gasteiger partial charge < -0.3 is 5.32 Å². The lowest BCUT2D eigenvalue weighted by Gasteiger charge is -2.13. The second-order valence-corrected chi connectivity index (χ2v) is 8.40. The Kier molecular flexibility index (Phi) is 6.32. The molecule has 4 rings (SSSR count). The normalized spacial score (nSPS) is 11.8. The topological polar surface area (TPSA) is 88.9 Å². The maximum Gasteiger partial charge on any atom is 0.260 e. The molecule has 0 bridgehead atoms. The molecule has 0 fully saturated rings. The van der Waals surface area contributed by atoms with Crippen molar-refractivity contribution in [2.24, 2.45) is 0 Å². The van der Waals surface area contributed by atoms with Gasteiger partial charge in [-0.3, -0.25) is 14.9 Å². The number of aromatic nitrogens is 3. The molecule has 1 atom stereocenters. The molecule has 1 unspecified atom stereocenters. The number of halogens is 1. The number of hydrogen-bond acceptors (Lipinski definition) is 5. The summed E-state index contributed by atoms with van der Waals surface area (Å²) in [7, 11) is 0. The third kappa shape index (κ3) is 4.83. The van der Waals surface area contributed by atoms with E-state index in [1.165, 1.54) is 35.2 Å². The van der Waals surface area contributed by atoms with Gasteiger partial charge in [0.05, 0.1) is 29.2 Å². The molecule has 0 saturated carbocycles. The minimum absolute atomic E-state index is 0.0823. The lowest BCUT2D eigenvalue weighted by atomic mass is 10.1. The van der Waals surface area contributed by atoms with Crippen LogP contribution in [0.3, 0.4) is 0 Å². The number of amides is 2. The molecular formula is C24H22FN5O2S. The van der Waals surface area contributed by atoms with Gasteiger partial charge in [-0.25, -0.2) is 14.1 Å². The molecule has 2 aromatic carbocycles. The Morgan fingerprint density at radius 2 is 1.85 bits per heavy atom. The monoisotopic (exact) mass is 463 g/mol. The summed E-state index contributed by atoms with van der Waals surface area (Å²) >= 11 is 1.31. The van der Waals surface area contributed by atoms with Gasteiger partial charge in [0.2, 0.25) is 5.91 Å². The smallest absolute Gasteiger partial charge is 0.260 e. The highest BCUT2D eigenvalue weighted by Crippen LogP contribution is 2.27. The van der Waals surface area contributed by atoms with Crippen molar-refractivity contribution in [2.75, 3.05) is 5.32 Å². The first-order valence-corrected chi connectivity index (χ1v) is 11.2. The Balaban J connectivity index is 1.48. The zero-order chi connectivity index (χ0) is 23.5. The van der Waals surface area contributed by atoms with Crippen molar-refractivity contribution < 1.29 is 14.0 Å². The molecule has 2 heterocycles. The fourth-order valence-electron chi connectivity index (χ4n) is 3.46. The first kappa shape index (κ1) is 22.3. The van der Waals surface area contributed by atoms with Gasteiger partial charge in [-0.1, -0.05) is 36.4 Å². The van der Waals surface area contributed by atoms with Crippen molar-refractivity contribution in [3.05, 3.63) is 82.7 Å². The molecule has 33 heavy (non-hydrogen) atoms. The van der Waals surface area contributed by atoms with Crippen LogP contribution < -0.4 is 10.6 Å². The molecule has 2 N–H and O–H groups in total. The zero-order valence-corrected chi connectivity index (χ0v) is 19.1. The maximum atomic E-state index is 14.1. The molecule has 0 saturated heterocycles. The number of carbonyl (C=O) groups is 2. The Morgan fingerprint density at radius 1 is 1.12 bits per heavy atom. The molecule has 7 nitrogen and oxygen atoms in total. The van der Waals surface area contributed by atoms with E-state index in [0.717, 1.165) is 16.8 Å². The molecule has 168 valence electrons. The summed E-state index contributed by atoms with van der Waals surface area (Å²) in [5.41, 5.74) is 3.76. The quantitative estimate of drug-likeness (QED) is 0.426. The van der Waals surface area contributed by atoms with E-state index in [1.54, 1.807) is 25.1 Å². The zero-order valence-electron chi connectivity index (χ0n) is 18.3. The predicted octanol–water partition coefficient (Wildman–Crippen LogP) is 4.89. The fraction of sp³-hybridized carbons (Fsp3) is 0.167. The van der Waals surface area contributed by atoms with Gasteiger partial charge in [-0.05, 0) is 31.5 Å². The molecule has 0 aliphatic rings. The Labute approximate surface area is 194 Å². The first-order valence-electron chi connectivity index (χ1n) is 10.3. The number of thiazole rings is 1. The lowest BCUT2D eigenvalue weighted by Crippen LogP contribution is -2.23. The second-order valence-electron chi connectivity index (χ2n) is 7.54. The van der Waals surface area contributed by atoms with Gasteiger partial charge in [0.25, 0.3) is 5.91 Å². The molecule has 2 aromatic heterocycles. The highest BCUT2D eigenvalue weighted by molar-refractivity contribution is 7.14. The third-order valence-electron chi connectivity index (χ3n) is 5.19. The number of anilines is 1. The molecule has 0 aliphatic carbocycles. The highest BCUT2D eigenvalue weighted by atomic mass is 32.1. The first-order chi connectivity index (χ1) is 15.8. The summed E-state index contributed by atoms with van der Waals surface area (Å²) in [5.74, 6) is -0.866. The summed E-state index contributed by atoms with van der Waals surface area (Å²) < 4.78 is 15.5. The van der Waals surface area contributed by atoms with E-state index in [0.29, 0.717) is 16.4 Å². The van der Waals surface area contributed by atoms with Gasteiger partial charge in [-0.2, -0.15) is 5.10 Å². The minimum Gasteiger partial charge on any atom is -0.350 e. The van der Waals surface area contributed by atoms with Crippen molar-refractivity contribution in [1.29, 1.82) is 0 Å². The van der Waals surface area contributed by atoms with Gasteiger partial charge >= 0.3 is 0 Å². The van der Waals surface area contributed by atoms with Crippen molar-refractivity contribution in [1.82, 2.24) is 20.1 Å². The van der Waals surface area contributed by atoms with Crippen LogP contribution in [0.1, 0.15) is 41.5 Å². The number of hydrogen-bond donors (Lipinski definition) is 2. The number of nitrogens with zero attached hydrogens (tertiary/aromatic N) is 3. The van der Waals surface area contributed by atoms with Crippen molar-refractivity contribution in [2.45, 2.75) is 26.8 Å². The summed E-state index contributed by atoms with van der Waals surface area (Å²) in [6.07, 6.45) is 1.42.